The number of nitrogens with two attached hydrogens (primary N) is 1. The van der Waals surface area contributed by atoms with Crippen LogP contribution >= 0.6 is 0 Å². The second kappa shape index (κ2) is 4.32. The van der Waals surface area contributed by atoms with Crippen molar-refractivity contribution in [2.24, 2.45) is 0 Å². The van der Waals surface area contributed by atoms with E-state index >= 15 is 0 Å². The highest BCUT2D eigenvalue weighted by Crippen LogP contribution is 2.24. The minimum absolute atomic E-state index is 0.109. The molecule has 0 saturated carbocycles. The molecule has 17 heavy (non-hydrogen) atoms. The van der Waals surface area contributed by atoms with E-state index in [4.69, 9.17) is 10.2 Å². The van der Waals surface area contributed by atoms with Gasteiger partial charge in [0.25, 0.3) is 6.01 Å². The summed E-state index contributed by atoms with van der Waals surface area (Å²) in [5.74, 6) is -0.109. The number of rotatable bonds is 3. The smallest absolute Gasteiger partial charge is 0.298 e. The molecule has 3 N–H and O–H groups in total. The van der Waals surface area contributed by atoms with Gasteiger partial charge in [0.1, 0.15) is 12.1 Å². The number of aromatic nitrogens is 1. The predicted molar refractivity (Wildman–Crippen MR) is 65.8 cm³/mol. The Morgan fingerprint density at radius 1 is 1.59 bits per heavy atom. The predicted octanol–water partition coefficient (Wildman–Crippen LogP) is 0.592. The third-order valence-electron chi connectivity index (χ3n) is 2.43. The van der Waals surface area contributed by atoms with Crippen LogP contribution < -0.4 is 16.0 Å². The summed E-state index contributed by atoms with van der Waals surface area (Å²) in [5.41, 5.74) is 7.57. The van der Waals surface area contributed by atoms with Crippen LogP contribution in [0.1, 0.15) is 0 Å². The van der Waals surface area contributed by atoms with Gasteiger partial charge in [-0.3, -0.25) is 4.79 Å². The normalized spacial score (nSPS) is 10.5. The van der Waals surface area contributed by atoms with Gasteiger partial charge in [-0.25, -0.2) is 0 Å². The van der Waals surface area contributed by atoms with Gasteiger partial charge < -0.3 is 20.4 Å². The zero-order chi connectivity index (χ0) is 12.4. The maximum absolute atomic E-state index is 11.2. The van der Waals surface area contributed by atoms with Crippen molar-refractivity contribution in [3.8, 4) is 0 Å². The lowest BCUT2D eigenvalue weighted by molar-refractivity contribution is -0.119. The number of nitrogen functional groups attached to an aromatic ring is 1. The summed E-state index contributed by atoms with van der Waals surface area (Å²) >= 11 is 0. The number of hydrogen-bond donors (Lipinski definition) is 2. The number of oxazole rings is 1. The minimum Gasteiger partial charge on any atom is -0.423 e. The maximum Gasteiger partial charge on any atom is 0.298 e. The van der Waals surface area contributed by atoms with Crippen molar-refractivity contribution in [3.05, 3.63) is 18.2 Å². The van der Waals surface area contributed by atoms with Crippen molar-refractivity contribution in [1.82, 2.24) is 10.3 Å². The Balaban J connectivity index is 2.30. The molecule has 0 atom stereocenters. The summed E-state index contributed by atoms with van der Waals surface area (Å²) in [6.45, 7) is 0.184. The first-order valence-corrected chi connectivity index (χ1v) is 5.18. The van der Waals surface area contributed by atoms with Crippen LogP contribution in [0.2, 0.25) is 0 Å². The second-order valence-electron chi connectivity index (χ2n) is 3.72. The molecule has 1 heterocycles. The molecule has 2 rings (SSSR count). The van der Waals surface area contributed by atoms with E-state index in [-0.39, 0.29) is 12.5 Å². The molecule has 1 amide bonds. The first kappa shape index (κ1) is 11.3. The SMILES string of the molecule is CNC(=O)CN(C)c1nc2c(N)cccc2o1. The highest BCUT2D eigenvalue weighted by Gasteiger charge is 2.13. The van der Waals surface area contributed by atoms with Crippen molar-refractivity contribution in [3.63, 3.8) is 0 Å². The van der Waals surface area contributed by atoms with E-state index in [1.165, 1.54) is 0 Å². The number of likely N-dealkylation sites (N-methyl/N-ethyl adjacent to an activating group) is 2. The lowest BCUT2D eigenvalue weighted by Crippen LogP contribution is -2.33. The van der Waals surface area contributed by atoms with Gasteiger partial charge in [-0.15, -0.1) is 0 Å². The monoisotopic (exact) mass is 234 g/mol. The zero-order valence-electron chi connectivity index (χ0n) is 9.73. The summed E-state index contributed by atoms with van der Waals surface area (Å²) in [7, 11) is 3.32. The topological polar surface area (TPSA) is 84.4 Å². The average molecular weight is 234 g/mol. The summed E-state index contributed by atoms with van der Waals surface area (Å²) in [4.78, 5) is 17.1. The van der Waals surface area contributed by atoms with Gasteiger partial charge in [0.05, 0.1) is 5.69 Å². The van der Waals surface area contributed by atoms with Gasteiger partial charge in [0, 0.05) is 14.1 Å². The fraction of sp³-hybridized carbons (Fsp3) is 0.273. The number of carbonyl (C=O) groups excluding carboxylic acids is 1. The van der Waals surface area contributed by atoms with E-state index in [0.717, 1.165) is 0 Å². The third kappa shape index (κ3) is 2.15. The largest absolute Gasteiger partial charge is 0.423 e. The van der Waals surface area contributed by atoms with Crippen LogP contribution in [0.25, 0.3) is 11.1 Å². The van der Waals surface area contributed by atoms with Crippen LogP contribution in [0.4, 0.5) is 11.7 Å². The van der Waals surface area contributed by atoms with E-state index < -0.39 is 0 Å². The van der Waals surface area contributed by atoms with Gasteiger partial charge >= 0.3 is 0 Å². The fourth-order valence-corrected chi connectivity index (χ4v) is 1.48. The van der Waals surface area contributed by atoms with Crippen LogP contribution in [-0.4, -0.2) is 31.5 Å². The Hall–Kier alpha value is -2.24. The molecular weight excluding hydrogens is 220 g/mol. The lowest BCUT2D eigenvalue weighted by atomic mass is 10.3. The number of anilines is 2. The molecule has 6 heteroatoms. The number of hydrogen-bond acceptors (Lipinski definition) is 5. The van der Waals surface area contributed by atoms with E-state index in [0.29, 0.717) is 22.8 Å². The van der Waals surface area contributed by atoms with Crippen LogP contribution in [0.15, 0.2) is 22.6 Å². The molecule has 0 unspecified atom stereocenters. The molecule has 1 aromatic heterocycles. The molecule has 0 aliphatic carbocycles. The first-order chi connectivity index (χ1) is 8.11. The van der Waals surface area contributed by atoms with Crippen molar-refractivity contribution in [1.29, 1.82) is 0 Å². The molecule has 90 valence electrons. The highest BCUT2D eigenvalue weighted by atomic mass is 16.4. The number of fused-ring (bicyclic) bond motifs is 1. The van der Waals surface area contributed by atoms with E-state index in [9.17, 15) is 4.79 Å². The van der Waals surface area contributed by atoms with Gasteiger partial charge in [0.15, 0.2) is 5.58 Å². The molecule has 0 fully saturated rings. The molecule has 0 spiro atoms. The van der Waals surface area contributed by atoms with Crippen molar-refractivity contribution in [2.45, 2.75) is 0 Å². The second-order valence-corrected chi connectivity index (χ2v) is 3.72. The summed E-state index contributed by atoms with van der Waals surface area (Å²) in [6.07, 6.45) is 0. The van der Waals surface area contributed by atoms with Gasteiger partial charge in [-0.1, -0.05) is 6.07 Å². The minimum atomic E-state index is -0.109. The summed E-state index contributed by atoms with van der Waals surface area (Å²) in [5, 5.41) is 2.54. The standard InChI is InChI=1S/C11H14N4O2/c1-13-9(16)6-15(2)11-14-10-7(12)4-3-5-8(10)17-11/h3-5H,6,12H2,1-2H3,(H,13,16). The molecule has 1 aromatic carbocycles. The Morgan fingerprint density at radius 3 is 3.00 bits per heavy atom. The Labute approximate surface area is 98.4 Å². The molecule has 0 aliphatic heterocycles. The van der Waals surface area contributed by atoms with Gasteiger partial charge in [-0.2, -0.15) is 4.98 Å². The Kier molecular flexibility index (Phi) is 2.86. The quantitative estimate of drug-likeness (QED) is 0.759. The summed E-state index contributed by atoms with van der Waals surface area (Å²) in [6, 6.07) is 5.72. The first-order valence-electron chi connectivity index (χ1n) is 5.18. The molecule has 6 nitrogen and oxygen atoms in total. The number of nitrogens with zero attached hydrogens (tertiary/aromatic N) is 2. The number of benzene rings is 1. The molecular formula is C11H14N4O2. The fourth-order valence-electron chi connectivity index (χ4n) is 1.48. The number of nitrogens with one attached hydrogen (secondary N) is 1. The van der Waals surface area contributed by atoms with E-state index in [2.05, 4.69) is 10.3 Å². The van der Waals surface area contributed by atoms with E-state index in [1.807, 2.05) is 0 Å². The number of amides is 1. The van der Waals surface area contributed by atoms with Crippen LogP contribution in [0.3, 0.4) is 0 Å². The van der Waals surface area contributed by atoms with Crippen molar-refractivity contribution < 1.29 is 9.21 Å². The van der Waals surface area contributed by atoms with Gasteiger partial charge in [-0.05, 0) is 12.1 Å². The zero-order valence-corrected chi connectivity index (χ0v) is 9.73. The highest BCUT2D eigenvalue weighted by molar-refractivity contribution is 5.87. The maximum atomic E-state index is 11.2. The van der Waals surface area contributed by atoms with Crippen LogP contribution in [-0.2, 0) is 4.79 Å². The number of carbonyl (C=O) groups is 1. The average Bonchev–Trinajstić information content (AvgIpc) is 2.74. The van der Waals surface area contributed by atoms with Crippen LogP contribution in [0, 0.1) is 0 Å². The third-order valence-corrected chi connectivity index (χ3v) is 2.43. The van der Waals surface area contributed by atoms with E-state index in [1.54, 1.807) is 37.2 Å². The van der Waals surface area contributed by atoms with Crippen LogP contribution in [0.5, 0.6) is 0 Å². The van der Waals surface area contributed by atoms with Gasteiger partial charge in [0.2, 0.25) is 5.91 Å². The van der Waals surface area contributed by atoms with Crippen molar-refractivity contribution >= 4 is 28.7 Å². The molecule has 0 saturated heterocycles. The Morgan fingerprint density at radius 2 is 2.35 bits per heavy atom. The molecule has 0 radical (unpaired) electrons. The lowest BCUT2D eigenvalue weighted by Gasteiger charge is -2.12. The summed E-state index contributed by atoms with van der Waals surface area (Å²) < 4.78 is 5.51. The molecule has 0 aliphatic rings. The molecule has 2 aromatic rings. The Bertz CT molecular complexity index is 549. The molecule has 0 bridgehead atoms. The van der Waals surface area contributed by atoms with Crippen molar-refractivity contribution in [2.75, 3.05) is 31.3 Å². The number of para-hydroxylation sites is 1.